The Labute approximate surface area is 155 Å². The summed E-state index contributed by atoms with van der Waals surface area (Å²) in [7, 11) is 5.77. The average molecular weight is 359 g/mol. The van der Waals surface area contributed by atoms with E-state index < -0.39 is 0 Å². The molecule has 1 N–H and O–H groups in total. The molecule has 0 bridgehead atoms. The number of thiocarbonyl (C=S) groups is 1. The Morgan fingerprint density at radius 1 is 1.12 bits per heavy atom. The smallest absolute Gasteiger partial charge is 0.169 e. The molecule has 0 saturated heterocycles. The van der Waals surface area contributed by atoms with Crippen molar-refractivity contribution >= 4 is 23.0 Å². The van der Waals surface area contributed by atoms with E-state index in [2.05, 4.69) is 50.4 Å². The van der Waals surface area contributed by atoms with E-state index in [4.69, 9.17) is 17.0 Å². The molecule has 1 heterocycles. The Morgan fingerprint density at radius 2 is 1.84 bits per heavy atom. The molecule has 5 nitrogen and oxygen atoms in total. The number of benzene rings is 1. The normalized spacial score (nSPS) is 10.4. The average Bonchev–Trinajstić information content (AvgIpc) is 2.62. The molecule has 2 aromatic rings. The largest absolute Gasteiger partial charge is 0.383 e. The van der Waals surface area contributed by atoms with Crippen molar-refractivity contribution in [1.29, 1.82) is 0 Å². The topological polar surface area (TPSA) is 40.6 Å². The Morgan fingerprint density at radius 3 is 2.44 bits per heavy atom. The summed E-state index contributed by atoms with van der Waals surface area (Å²) in [4.78, 5) is 8.43. The molecule has 134 valence electrons. The van der Waals surface area contributed by atoms with E-state index in [0.29, 0.717) is 19.7 Å². The third kappa shape index (κ3) is 6.32. The number of ether oxygens (including phenoxy) is 1. The van der Waals surface area contributed by atoms with Crippen LogP contribution in [-0.2, 0) is 17.8 Å². The van der Waals surface area contributed by atoms with Gasteiger partial charge in [0.25, 0.3) is 0 Å². The molecular weight excluding hydrogens is 332 g/mol. The lowest BCUT2D eigenvalue weighted by molar-refractivity contribution is 0.202. The Kier molecular flexibility index (Phi) is 7.63. The van der Waals surface area contributed by atoms with Gasteiger partial charge in [-0.25, -0.2) is 0 Å². The molecule has 6 heteroatoms. The fourth-order valence-electron chi connectivity index (χ4n) is 2.40. The molecule has 0 aliphatic carbocycles. The van der Waals surface area contributed by atoms with Gasteiger partial charge in [0.2, 0.25) is 0 Å². The standard InChI is InChI=1S/C19H26N4OS/c1-22(2)18-8-6-16(7-9-18)14-23(19(25)21-11-12-24-3)15-17-5-4-10-20-13-17/h4-10,13H,11-12,14-15H2,1-3H3,(H,21,25). The lowest BCUT2D eigenvalue weighted by atomic mass is 10.1. The molecule has 0 amide bonds. The van der Waals surface area contributed by atoms with Gasteiger partial charge in [-0.3, -0.25) is 4.98 Å². The molecular formula is C19H26N4OS. The van der Waals surface area contributed by atoms with E-state index in [0.717, 1.165) is 17.2 Å². The maximum atomic E-state index is 5.59. The van der Waals surface area contributed by atoms with Crippen LogP contribution in [0, 0.1) is 0 Å². The van der Waals surface area contributed by atoms with Crippen molar-refractivity contribution in [3.05, 3.63) is 59.9 Å². The molecule has 2 rings (SSSR count). The second-order valence-electron chi connectivity index (χ2n) is 6.00. The summed E-state index contributed by atoms with van der Waals surface area (Å²) in [6.45, 7) is 2.76. The zero-order valence-electron chi connectivity index (χ0n) is 15.1. The number of methoxy groups -OCH3 is 1. The van der Waals surface area contributed by atoms with E-state index in [1.165, 1.54) is 11.3 Å². The van der Waals surface area contributed by atoms with E-state index in [1.807, 2.05) is 26.4 Å². The van der Waals surface area contributed by atoms with Gasteiger partial charge in [0, 0.05) is 58.9 Å². The highest BCUT2D eigenvalue weighted by Gasteiger charge is 2.11. The number of hydrogen-bond donors (Lipinski definition) is 1. The van der Waals surface area contributed by atoms with Crippen LogP contribution in [0.1, 0.15) is 11.1 Å². The zero-order valence-corrected chi connectivity index (χ0v) is 15.9. The SMILES string of the molecule is COCCNC(=S)N(Cc1ccc(N(C)C)cc1)Cc1cccnc1. The van der Waals surface area contributed by atoms with Gasteiger partial charge >= 0.3 is 0 Å². The number of rotatable bonds is 8. The summed E-state index contributed by atoms with van der Waals surface area (Å²) in [5, 5.41) is 3.98. The van der Waals surface area contributed by atoms with Gasteiger partial charge in [0.15, 0.2) is 5.11 Å². The minimum Gasteiger partial charge on any atom is -0.383 e. The van der Waals surface area contributed by atoms with Gasteiger partial charge < -0.3 is 19.9 Å². The molecule has 0 spiro atoms. The van der Waals surface area contributed by atoms with Crippen LogP contribution in [0.5, 0.6) is 0 Å². The van der Waals surface area contributed by atoms with Crippen molar-refractivity contribution in [1.82, 2.24) is 15.2 Å². The van der Waals surface area contributed by atoms with Crippen molar-refractivity contribution in [2.24, 2.45) is 0 Å². The quantitative estimate of drug-likeness (QED) is 0.578. The number of nitrogens with one attached hydrogen (secondary N) is 1. The van der Waals surface area contributed by atoms with Crippen LogP contribution in [0.3, 0.4) is 0 Å². The lowest BCUT2D eigenvalue weighted by Crippen LogP contribution is -2.40. The van der Waals surface area contributed by atoms with Gasteiger partial charge in [-0.15, -0.1) is 0 Å². The van der Waals surface area contributed by atoms with Gasteiger partial charge in [-0.2, -0.15) is 0 Å². The number of nitrogens with zero attached hydrogens (tertiary/aromatic N) is 3. The second-order valence-corrected chi connectivity index (χ2v) is 6.39. The second kappa shape index (κ2) is 9.96. The number of pyridine rings is 1. The van der Waals surface area contributed by atoms with Crippen molar-refractivity contribution in [3.63, 3.8) is 0 Å². The van der Waals surface area contributed by atoms with Crippen LogP contribution >= 0.6 is 12.2 Å². The summed E-state index contributed by atoms with van der Waals surface area (Å²) in [6, 6.07) is 12.5. The fraction of sp³-hybridized carbons (Fsp3) is 0.368. The first-order valence-corrected chi connectivity index (χ1v) is 8.68. The third-order valence-corrected chi connectivity index (χ3v) is 4.19. The van der Waals surface area contributed by atoms with Crippen LogP contribution < -0.4 is 10.2 Å². The van der Waals surface area contributed by atoms with E-state index in [1.54, 1.807) is 13.3 Å². The number of aromatic nitrogens is 1. The molecule has 0 radical (unpaired) electrons. The predicted octanol–water partition coefficient (Wildman–Crippen LogP) is 2.67. The van der Waals surface area contributed by atoms with Gasteiger partial charge in [0.1, 0.15) is 0 Å². The van der Waals surface area contributed by atoms with Gasteiger partial charge in [0.05, 0.1) is 6.61 Å². The molecule has 0 saturated carbocycles. The minimum absolute atomic E-state index is 0.623. The molecule has 25 heavy (non-hydrogen) atoms. The minimum atomic E-state index is 0.623. The van der Waals surface area contributed by atoms with Crippen molar-refractivity contribution in [2.45, 2.75) is 13.1 Å². The molecule has 0 atom stereocenters. The molecule has 0 unspecified atom stereocenters. The molecule has 1 aromatic heterocycles. The molecule has 0 aliphatic heterocycles. The van der Waals surface area contributed by atoms with Crippen molar-refractivity contribution in [3.8, 4) is 0 Å². The highest BCUT2D eigenvalue weighted by atomic mass is 32.1. The fourth-order valence-corrected chi connectivity index (χ4v) is 2.63. The maximum Gasteiger partial charge on any atom is 0.169 e. The van der Waals surface area contributed by atoms with Gasteiger partial charge in [-0.05, 0) is 41.5 Å². The summed E-state index contributed by atoms with van der Waals surface area (Å²) in [5.41, 5.74) is 3.53. The summed E-state index contributed by atoms with van der Waals surface area (Å²) in [6.07, 6.45) is 3.66. The molecule has 1 aromatic carbocycles. The van der Waals surface area contributed by atoms with Crippen LogP contribution in [0.15, 0.2) is 48.8 Å². The Bertz CT molecular complexity index is 646. The Balaban J connectivity index is 2.08. The predicted molar refractivity (Wildman–Crippen MR) is 107 cm³/mol. The van der Waals surface area contributed by atoms with Crippen molar-refractivity contribution in [2.75, 3.05) is 39.3 Å². The Hall–Kier alpha value is -2.18. The highest BCUT2D eigenvalue weighted by molar-refractivity contribution is 7.80. The number of hydrogen-bond acceptors (Lipinski definition) is 4. The highest BCUT2D eigenvalue weighted by Crippen LogP contribution is 2.15. The van der Waals surface area contributed by atoms with E-state index in [9.17, 15) is 0 Å². The van der Waals surface area contributed by atoms with Crippen LogP contribution in [0.4, 0.5) is 5.69 Å². The maximum absolute atomic E-state index is 5.59. The summed E-state index contributed by atoms with van der Waals surface area (Å²) >= 11 is 5.59. The van der Waals surface area contributed by atoms with Crippen molar-refractivity contribution < 1.29 is 4.74 Å². The van der Waals surface area contributed by atoms with Crippen LogP contribution in [0.2, 0.25) is 0 Å². The lowest BCUT2D eigenvalue weighted by Gasteiger charge is -2.26. The monoisotopic (exact) mass is 358 g/mol. The summed E-state index contributed by atoms with van der Waals surface area (Å²) in [5.74, 6) is 0. The number of anilines is 1. The van der Waals surface area contributed by atoms with Crippen LogP contribution in [-0.4, -0.2) is 49.4 Å². The third-order valence-electron chi connectivity index (χ3n) is 3.79. The first-order valence-electron chi connectivity index (χ1n) is 8.27. The van der Waals surface area contributed by atoms with E-state index in [-0.39, 0.29) is 0 Å². The zero-order chi connectivity index (χ0) is 18.1. The van der Waals surface area contributed by atoms with Crippen LogP contribution in [0.25, 0.3) is 0 Å². The van der Waals surface area contributed by atoms with E-state index >= 15 is 0 Å². The molecule has 0 fully saturated rings. The van der Waals surface area contributed by atoms with Gasteiger partial charge in [-0.1, -0.05) is 18.2 Å². The summed E-state index contributed by atoms with van der Waals surface area (Å²) < 4.78 is 5.09. The first-order chi connectivity index (χ1) is 12.1. The first kappa shape index (κ1) is 19.1. The molecule has 0 aliphatic rings.